The van der Waals surface area contributed by atoms with Crippen LogP contribution in [-0.2, 0) is 0 Å². The fourth-order valence-electron chi connectivity index (χ4n) is 3.47. The van der Waals surface area contributed by atoms with E-state index in [0.717, 1.165) is 33.5 Å². The maximum Gasteiger partial charge on any atom is 0.159 e. The topological polar surface area (TPSA) is 92.3 Å². The fourth-order valence-corrected chi connectivity index (χ4v) is 3.47. The molecule has 29 heavy (non-hydrogen) atoms. The summed E-state index contributed by atoms with van der Waals surface area (Å²) < 4.78 is 0. The van der Waals surface area contributed by atoms with Gasteiger partial charge >= 0.3 is 0 Å². The van der Waals surface area contributed by atoms with Crippen molar-refractivity contribution in [1.82, 2.24) is 30.1 Å². The van der Waals surface area contributed by atoms with Gasteiger partial charge in [-0.1, -0.05) is 35.9 Å². The highest BCUT2D eigenvalue weighted by Gasteiger charge is 2.11. The third-order valence-electron chi connectivity index (χ3n) is 4.97. The molecule has 1 atom stereocenters. The molecule has 0 saturated carbocycles. The molecule has 5 aromatic rings. The predicted molar refractivity (Wildman–Crippen MR) is 113 cm³/mol. The number of hydrogen-bond acceptors (Lipinski definition) is 6. The second kappa shape index (κ2) is 6.94. The normalized spacial score (nSPS) is 12.3. The summed E-state index contributed by atoms with van der Waals surface area (Å²) in [5, 5.41) is 11.2. The summed E-state index contributed by atoms with van der Waals surface area (Å²) in [5.41, 5.74) is 6.59. The molecule has 0 aliphatic heterocycles. The number of H-pyrrole nitrogens is 1. The van der Waals surface area contributed by atoms with E-state index in [1.165, 1.54) is 17.5 Å². The number of rotatable bonds is 4. The molecule has 0 spiro atoms. The van der Waals surface area contributed by atoms with Crippen molar-refractivity contribution in [3.8, 4) is 11.3 Å². The van der Waals surface area contributed by atoms with Crippen molar-refractivity contribution < 1.29 is 0 Å². The maximum atomic E-state index is 4.73. The van der Waals surface area contributed by atoms with Crippen molar-refractivity contribution in [3.63, 3.8) is 0 Å². The Kier molecular flexibility index (Phi) is 4.13. The van der Waals surface area contributed by atoms with Gasteiger partial charge in [0.2, 0.25) is 0 Å². The quantitative estimate of drug-likeness (QED) is 0.478. The van der Waals surface area contributed by atoms with Gasteiger partial charge in [0.15, 0.2) is 5.65 Å². The first-order valence-corrected chi connectivity index (χ1v) is 9.42. The Morgan fingerprint density at radius 3 is 2.79 bits per heavy atom. The SMILES string of the molecule is Cc1cccc([C@@H](C)Nc2cnc3cc(-c4ncnc5[nH]ncc45)ccc3n2)c1. The molecule has 0 fully saturated rings. The first kappa shape index (κ1) is 17.2. The third-order valence-corrected chi connectivity index (χ3v) is 4.97. The number of anilines is 1. The van der Waals surface area contributed by atoms with Crippen LogP contribution in [0.2, 0.25) is 0 Å². The van der Waals surface area contributed by atoms with Crippen LogP contribution in [0.1, 0.15) is 24.1 Å². The van der Waals surface area contributed by atoms with E-state index in [-0.39, 0.29) is 6.04 Å². The van der Waals surface area contributed by atoms with Gasteiger partial charge in [-0.2, -0.15) is 5.10 Å². The van der Waals surface area contributed by atoms with E-state index >= 15 is 0 Å². The summed E-state index contributed by atoms with van der Waals surface area (Å²) in [6.45, 7) is 4.22. The molecule has 2 aromatic carbocycles. The second-order valence-corrected chi connectivity index (χ2v) is 7.09. The van der Waals surface area contributed by atoms with E-state index in [1.807, 2.05) is 18.2 Å². The molecule has 7 nitrogen and oxygen atoms in total. The third kappa shape index (κ3) is 3.27. The molecular formula is C22H19N7. The summed E-state index contributed by atoms with van der Waals surface area (Å²) in [5.74, 6) is 0.749. The molecule has 7 heteroatoms. The minimum Gasteiger partial charge on any atom is -0.362 e. The van der Waals surface area contributed by atoms with Crippen molar-refractivity contribution >= 4 is 27.9 Å². The second-order valence-electron chi connectivity index (χ2n) is 7.09. The van der Waals surface area contributed by atoms with E-state index in [1.54, 1.807) is 12.4 Å². The van der Waals surface area contributed by atoms with Gasteiger partial charge in [-0.15, -0.1) is 0 Å². The number of aromatic amines is 1. The lowest BCUT2D eigenvalue weighted by Gasteiger charge is -2.15. The Bertz CT molecular complexity index is 1330. The molecule has 0 aliphatic carbocycles. The van der Waals surface area contributed by atoms with Gasteiger partial charge in [0, 0.05) is 5.56 Å². The maximum absolute atomic E-state index is 4.73. The number of fused-ring (bicyclic) bond motifs is 2. The van der Waals surface area contributed by atoms with E-state index < -0.39 is 0 Å². The summed E-state index contributed by atoms with van der Waals surface area (Å²) in [7, 11) is 0. The Labute approximate surface area is 167 Å². The molecule has 5 rings (SSSR count). The van der Waals surface area contributed by atoms with Crippen molar-refractivity contribution in [3.05, 3.63) is 72.3 Å². The molecular weight excluding hydrogens is 362 g/mol. The van der Waals surface area contributed by atoms with E-state index in [2.05, 4.69) is 68.6 Å². The molecule has 0 aliphatic rings. The lowest BCUT2D eigenvalue weighted by Crippen LogP contribution is -2.08. The Balaban J connectivity index is 1.46. The summed E-state index contributed by atoms with van der Waals surface area (Å²) in [6.07, 6.45) is 5.04. The van der Waals surface area contributed by atoms with Crippen molar-refractivity contribution in [2.75, 3.05) is 5.32 Å². The van der Waals surface area contributed by atoms with Gasteiger partial charge in [0.25, 0.3) is 0 Å². The van der Waals surface area contributed by atoms with Crippen LogP contribution in [0.15, 0.2) is 61.2 Å². The minimum atomic E-state index is 0.135. The van der Waals surface area contributed by atoms with Crippen molar-refractivity contribution in [1.29, 1.82) is 0 Å². The first-order valence-electron chi connectivity index (χ1n) is 9.42. The molecule has 3 heterocycles. The fraction of sp³-hybridized carbons (Fsp3) is 0.136. The van der Waals surface area contributed by atoms with E-state index in [4.69, 9.17) is 4.98 Å². The van der Waals surface area contributed by atoms with Crippen LogP contribution in [0, 0.1) is 6.92 Å². The summed E-state index contributed by atoms with van der Waals surface area (Å²) in [4.78, 5) is 17.9. The monoisotopic (exact) mass is 381 g/mol. The number of nitrogens with one attached hydrogen (secondary N) is 2. The van der Waals surface area contributed by atoms with Crippen molar-refractivity contribution in [2.24, 2.45) is 0 Å². The molecule has 3 aromatic heterocycles. The first-order chi connectivity index (χ1) is 14.2. The number of aromatic nitrogens is 6. The van der Waals surface area contributed by atoms with Crippen LogP contribution >= 0.6 is 0 Å². The molecule has 0 amide bonds. The number of hydrogen-bond donors (Lipinski definition) is 2. The molecule has 142 valence electrons. The minimum absolute atomic E-state index is 0.135. The zero-order valence-electron chi connectivity index (χ0n) is 16.1. The van der Waals surface area contributed by atoms with Gasteiger partial charge in [0.05, 0.1) is 40.5 Å². The Hall–Kier alpha value is -3.87. The highest BCUT2D eigenvalue weighted by molar-refractivity contribution is 5.92. The van der Waals surface area contributed by atoms with Crippen molar-refractivity contribution in [2.45, 2.75) is 19.9 Å². The largest absolute Gasteiger partial charge is 0.362 e. The summed E-state index contributed by atoms with van der Waals surface area (Å²) in [6, 6.07) is 14.6. The van der Waals surface area contributed by atoms with Gasteiger partial charge in [-0.25, -0.2) is 15.0 Å². The molecule has 0 unspecified atom stereocenters. The molecule has 2 N–H and O–H groups in total. The summed E-state index contributed by atoms with van der Waals surface area (Å²) >= 11 is 0. The number of nitrogens with zero attached hydrogens (tertiary/aromatic N) is 5. The highest BCUT2D eigenvalue weighted by atomic mass is 15.1. The smallest absolute Gasteiger partial charge is 0.159 e. The van der Waals surface area contributed by atoms with Gasteiger partial charge in [-0.3, -0.25) is 10.1 Å². The average molecular weight is 381 g/mol. The van der Waals surface area contributed by atoms with Crippen LogP contribution in [0.25, 0.3) is 33.3 Å². The van der Waals surface area contributed by atoms with Gasteiger partial charge in [-0.05, 0) is 31.5 Å². The van der Waals surface area contributed by atoms with E-state index in [9.17, 15) is 0 Å². The van der Waals surface area contributed by atoms with Crippen LogP contribution in [0.4, 0.5) is 5.82 Å². The zero-order valence-corrected chi connectivity index (χ0v) is 16.1. The van der Waals surface area contributed by atoms with Crippen LogP contribution in [0.5, 0.6) is 0 Å². The van der Waals surface area contributed by atoms with Crippen LogP contribution in [-0.4, -0.2) is 30.1 Å². The lowest BCUT2D eigenvalue weighted by atomic mass is 10.1. The molecule has 0 bridgehead atoms. The highest BCUT2D eigenvalue weighted by Crippen LogP contribution is 2.27. The standard InChI is InChI=1S/C22H19N7/c1-13-4-3-5-15(8-13)14(2)27-20-11-23-19-9-16(6-7-18(19)28-20)21-17-10-26-29-22(17)25-12-24-21/h3-12,14H,1-2H3,(H,27,28)(H,24,25,26,29)/t14-/m1/s1. The van der Waals surface area contributed by atoms with Crippen LogP contribution < -0.4 is 5.32 Å². The van der Waals surface area contributed by atoms with E-state index in [0.29, 0.717) is 5.65 Å². The zero-order chi connectivity index (χ0) is 19.8. The van der Waals surface area contributed by atoms with Gasteiger partial charge in [0.1, 0.15) is 12.1 Å². The van der Waals surface area contributed by atoms with Crippen LogP contribution in [0.3, 0.4) is 0 Å². The number of benzene rings is 2. The predicted octanol–water partition coefficient (Wildman–Crippen LogP) is 4.44. The Morgan fingerprint density at radius 1 is 0.966 bits per heavy atom. The number of aryl methyl sites for hydroxylation is 1. The Morgan fingerprint density at radius 2 is 1.90 bits per heavy atom. The van der Waals surface area contributed by atoms with Gasteiger partial charge < -0.3 is 5.32 Å². The molecule has 0 saturated heterocycles. The average Bonchev–Trinajstić information content (AvgIpc) is 3.22. The molecule has 0 radical (unpaired) electrons. The lowest BCUT2D eigenvalue weighted by molar-refractivity contribution is 0.872.